The Morgan fingerprint density at radius 1 is 0.370 bits per heavy atom. The van der Waals surface area contributed by atoms with Crippen molar-refractivity contribution in [3.8, 4) is 0 Å². The molecule has 0 unspecified atom stereocenters. The van der Waals surface area contributed by atoms with E-state index in [2.05, 4.69) is 111 Å². The van der Waals surface area contributed by atoms with Crippen molar-refractivity contribution < 1.29 is 8.78 Å². The first-order chi connectivity index (χ1) is 22.2. The molecule has 2 N–H and O–H groups in total. The van der Waals surface area contributed by atoms with Gasteiger partial charge in [-0.25, -0.2) is 8.78 Å². The topological polar surface area (TPSA) is 24.1 Å². The van der Waals surface area contributed by atoms with Crippen molar-refractivity contribution in [1.82, 2.24) is 0 Å². The fourth-order valence-electron chi connectivity index (χ4n) is 6.07. The van der Waals surface area contributed by atoms with Gasteiger partial charge in [-0.15, -0.1) is 0 Å². The zero-order chi connectivity index (χ0) is 31.9. The molecule has 6 heteroatoms. The van der Waals surface area contributed by atoms with Gasteiger partial charge in [-0.1, -0.05) is 72.8 Å². The summed E-state index contributed by atoms with van der Waals surface area (Å²) in [5, 5.41) is 14.6. The molecule has 0 aliphatic carbocycles. The number of nitrogens with one attached hydrogen (secondary N) is 2. The normalized spacial score (nSPS) is 15.5. The van der Waals surface area contributed by atoms with E-state index in [-0.39, 0.29) is 11.6 Å². The Morgan fingerprint density at radius 2 is 0.630 bits per heavy atom. The number of benzene rings is 6. The lowest BCUT2D eigenvalue weighted by Crippen LogP contribution is -2.29. The second-order valence-corrected chi connectivity index (χ2v) is 16.3. The second kappa shape index (κ2) is 12.4. The first-order valence-electron chi connectivity index (χ1n) is 15.3. The fourth-order valence-corrected chi connectivity index (χ4v) is 10.9. The molecule has 6 aromatic carbocycles. The highest BCUT2D eigenvalue weighted by Gasteiger charge is 2.28. The monoisotopic (exact) mass is 642 g/mol. The standard InChI is InChI=1S/C40H34F2N2P2/c1-25-5-17-37-33(21-25)43-34-22-26(2)6-18-38(34)46(32-15-11-30(42)12-16-32)40-20-8-28(4)24-36(40)44-35-23-27(3)7-19-39(35)45(37)31-13-9-29(41)10-14-31/h5-24,43-44H,1-4H3. The molecule has 0 amide bonds. The van der Waals surface area contributed by atoms with Gasteiger partial charge >= 0.3 is 0 Å². The second-order valence-electron chi connectivity index (χ2n) is 12.0. The summed E-state index contributed by atoms with van der Waals surface area (Å²) in [5.74, 6) is -0.499. The fraction of sp³-hybridized carbons (Fsp3) is 0.100. The van der Waals surface area contributed by atoms with E-state index < -0.39 is 15.8 Å². The summed E-state index contributed by atoms with van der Waals surface area (Å²) in [6, 6.07) is 40.3. The lowest BCUT2D eigenvalue weighted by atomic mass is 10.2. The molecule has 6 aromatic rings. The number of hydrogen-bond acceptors (Lipinski definition) is 2. The lowest BCUT2D eigenvalue weighted by molar-refractivity contribution is 0.628. The van der Waals surface area contributed by atoms with Crippen molar-refractivity contribution in [3.63, 3.8) is 0 Å². The summed E-state index contributed by atoms with van der Waals surface area (Å²) in [5.41, 5.74) is 8.66. The first-order valence-corrected chi connectivity index (χ1v) is 18.0. The summed E-state index contributed by atoms with van der Waals surface area (Å²) in [7, 11) is -2.22. The van der Waals surface area contributed by atoms with E-state index in [1.165, 1.54) is 0 Å². The highest BCUT2D eigenvalue weighted by Crippen LogP contribution is 2.44. The largest absolute Gasteiger partial charge is 0.354 e. The first kappa shape index (κ1) is 30.3. The predicted molar refractivity (Wildman–Crippen MR) is 196 cm³/mol. The third-order valence-corrected chi connectivity index (χ3v) is 13.4. The van der Waals surface area contributed by atoms with Gasteiger partial charge in [-0.2, -0.15) is 0 Å². The molecule has 0 saturated carbocycles. The molecule has 0 fully saturated rings. The van der Waals surface area contributed by atoms with E-state index in [0.29, 0.717) is 0 Å². The van der Waals surface area contributed by atoms with Gasteiger partial charge in [0.05, 0.1) is 0 Å². The van der Waals surface area contributed by atoms with Gasteiger partial charge < -0.3 is 10.6 Å². The van der Waals surface area contributed by atoms with Crippen LogP contribution in [0.5, 0.6) is 0 Å². The molecule has 1 aliphatic rings. The minimum atomic E-state index is -1.11. The molecule has 1 heterocycles. The van der Waals surface area contributed by atoms with Crippen molar-refractivity contribution in [2.75, 3.05) is 10.6 Å². The summed E-state index contributed by atoms with van der Waals surface area (Å²) >= 11 is 0. The highest BCUT2D eigenvalue weighted by molar-refractivity contribution is 7.81. The van der Waals surface area contributed by atoms with Crippen LogP contribution in [0.2, 0.25) is 0 Å². The van der Waals surface area contributed by atoms with Gasteiger partial charge in [-0.05, 0) is 125 Å². The van der Waals surface area contributed by atoms with Crippen LogP contribution in [0.3, 0.4) is 0 Å². The average Bonchev–Trinajstić information content (AvgIpc) is 3.02. The smallest absolute Gasteiger partial charge is 0.123 e. The number of rotatable bonds is 2. The van der Waals surface area contributed by atoms with Crippen LogP contribution in [0.25, 0.3) is 0 Å². The molecule has 2 nitrogen and oxygen atoms in total. The molecule has 0 radical (unpaired) electrons. The molecule has 228 valence electrons. The number of aryl methyl sites for hydroxylation is 4. The molecular formula is C40H34F2N2P2. The van der Waals surface area contributed by atoms with Crippen LogP contribution >= 0.6 is 15.8 Å². The van der Waals surface area contributed by atoms with Gasteiger partial charge in [0.1, 0.15) is 11.6 Å². The Balaban J connectivity index is 1.58. The van der Waals surface area contributed by atoms with Crippen molar-refractivity contribution in [3.05, 3.63) is 155 Å². The maximum absolute atomic E-state index is 14.3. The summed E-state index contributed by atoms with van der Waals surface area (Å²) in [6.45, 7) is 8.44. The highest BCUT2D eigenvalue weighted by atomic mass is 31.1. The van der Waals surface area contributed by atoms with Crippen LogP contribution in [0.1, 0.15) is 22.3 Å². The third kappa shape index (κ3) is 5.96. The van der Waals surface area contributed by atoms with Crippen LogP contribution in [-0.2, 0) is 0 Å². The quantitative estimate of drug-likeness (QED) is 0.185. The number of hydrogen-bond donors (Lipinski definition) is 2. The van der Waals surface area contributed by atoms with E-state index in [4.69, 9.17) is 0 Å². The van der Waals surface area contributed by atoms with Crippen LogP contribution in [0.15, 0.2) is 121 Å². The maximum atomic E-state index is 14.3. The van der Waals surface area contributed by atoms with Crippen molar-refractivity contribution in [1.29, 1.82) is 0 Å². The number of halogens is 2. The average molecular weight is 643 g/mol. The molecular weight excluding hydrogens is 608 g/mol. The summed E-state index contributed by atoms with van der Waals surface area (Å²) < 4.78 is 28.6. The minimum Gasteiger partial charge on any atom is -0.354 e. The Hall–Kier alpha value is -4.36. The van der Waals surface area contributed by atoms with Crippen LogP contribution in [0, 0.1) is 39.3 Å². The minimum absolute atomic E-state index is 0.249. The van der Waals surface area contributed by atoms with Crippen molar-refractivity contribution in [2.45, 2.75) is 27.7 Å². The van der Waals surface area contributed by atoms with Gasteiger partial charge in [-0.3, -0.25) is 0 Å². The molecule has 7 rings (SSSR count). The van der Waals surface area contributed by atoms with Crippen LogP contribution in [-0.4, -0.2) is 0 Å². The molecule has 0 spiro atoms. The van der Waals surface area contributed by atoms with Gasteiger partial charge in [0.25, 0.3) is 0 Å². The SMILES string of the molecule is Cc1ccc2c(c1)Nc1cc(C)ccc1P(c1ccc(F)cc1)c1ccc(C)cc1Nc1cc(C)ccc1P2c1ccc(F)cc1. The third-order valence-electron chi connectivity index (χ3n) is 8.28. The summed E-state index contributed by atoms with van der Waals surface area (Å²) in [6.07, 6.45) is 0. The Kier molecular flexibility index (Phi) is 8.20. The predicted octanol–water partition coefficient (Wildman–Crippen LogP) is 8.52. The molecule has 0 bridgehead atoms. The van der Waals surface area contributed by atoms with Crippen molar-refractivity contribution >= 4 is 70.4 Å². The van der Waals surface area contributed by atoms with Gasteiger partial charge in [0.2, 0.25) is 0 Å². The van der Waals surface area contributed by atoms with Gasteiger partial charge in [0, 0.05) is 44.0 Å². The zero-order valence-electron chi connectivity index (χ0n) is 26.2. The van der Waals surface area contributed by atoms with E-state index >= 15 is 0 Å². The van der Waals surface area contributed by atoms with Gasteiger partial charge in [0.15, 0.2) is 0 Å². The zero-order valence-corrected chi connectivity index (χ0v) is 28.0. The van der Waals surface area contributed by atoms with Crippen molar-refractivity contribution in [2.24, 2.45) is 0 Å². The van der Waals surface area contributed by atoms with Crippen LogP contribution < -0.4 is 42.5 Å². The number of anilines is 4. The molecule has 1 aliphatic heterocycles. The van der Waals surface area contributed by atoms with E-state index in [9.17, 15) is 8.78 Å². The number of fused-ring (bicyclic) bond motifs is 4. The molecule has 0 atom stereocenters. The molecule has 46 heavy (non-hydrogen) atoms. The maximum Gasteiger partial charge on any atom is 0.123 e. The molecule has 0 saturated heterocycles. The Morgan fingerprint density at radius 3 is 0.891 bits per heavy atom. The van der Waals surface area contributed by atoms with E-state index in [0.717, 1.165) is 76.8 Å². The van der Waals surface area contributed by atoms with E-state index in [1.807, 2.05) is 24.3 Å². The summed E-state index contributed by atoms with van der Waals surface area (Å²) in [4.78, 5) is 0. The Bertz CT molecular complexity index is 1820. The Labute approximate surface area is 272 Å². The molecule has 0 aromatic heterocycles. The lowest BCUT2D eigenvalue weighted by Gasteiger charge is -2.30. The van der Waals surface area contributed by atoms with E-state index in [1.54, 1.807) is 24.3 Å². The van der Waals surface area contributed by atoms with Crippen LogP contribution in [0.4, 0.5) is 31.5 Å².